The van der Waals surface area contributed by atoms with E-state index in [0.717, 1.165) is 20.8 Å². The molecule has 3 nitrogen and oxygen atoms in total. The first-order valence-corrected chi connectivity index (χ1v) is 8.23. The van der Waals surface area contributed by atoms with Crippen molar-refractivity contribution in [1.29, 1.82) is 0 Å². The van der Waals surface area contributed by atoms with Gasteiger partial charge in [0, 0.05) is 5.56 Å². The summed E-state index contributed by atoms with van der Waals surface area (Å²) in [6.45, 7) is 0. The highest BCUT2D eigenvalue weighted by Crippen LogP contribution is 2.35. The third-order valence-electron chi connectivity index (χ3n) is 2.96. The highest BCUT2D eigenvalue weighted by Gasteiger charge is 2.31. The summed E-state index contributed by atoms with van der Waals surface area (Å²) in [4.78, 5) is 16.4. The molecule has 0 atom stereocenters. The van der Waals surface area contributed by atoms with Crippen molar-refractivity contribution in [2.24, 2.45) is 0 Å². The van der Waals surface area contributed by atoms with Crippen molar-refractivity contribution in [3.63, 3.8) is 0 Å². The Morgan fingerprint density at radius 3 is 2.45 bits per heavy atom. The number of para-hydroxylation sites is 2. The zero-order valence-electron chi connectivity index (χ0n) is 11.0. The van der Waals surface area contributed by atoms with E-state index in [0.29, 0.717) is 5.69 Å². The number of thiazole rings is 1. The molecule has 1 amide bonds. The summed E-state index contributed by atoms with van der Waals surface area (Å²) in [5.41, 5.74) is 2.24. The molecule has 0 bridgehead atoms. The molecule has 0 aliphatic heterocycles. The molecular weight excluding hydrogens is 363 g/mol. The summed E-state index contributed by atoms with van der Waals surface area (Å²) in [6.07, 6.45) is 0. The molecule has 1 heterocycles. The van der Waals surface area contributed by atoms with Gasteiger partial charge in [-0.15, -0.1) is 11.3 Å². The average molecular weight is 372 g/mol. The van der Waals surface area contributed by atoms with Gasteiger partial charge in [-0.05, 0) is 24.3 Å². The molecule has 0 unspecified atom stereocenters. The lowest BCUT2D eigenvalue weighted by molar-refractivity contribution is -0.115. The van der Waals surface area contributed by atoms with E-state index < -0.39 is 9.70 Å². The summed E-state index contributed by atoms with van der Waals surface area (Å²) >= 11 is 18.3. The standard InChI is InChI=1S/C15H9Cl3N2OS/c16-15(17,18)14(21)20-10-6-2-1-5-9(10)13-19-11-7-3-4-8-12(11)22-13/h1-8H,(H,20,21). The van der Waals surface area contributed by atoms with E-state index in [1.165, 1.54) is 11.3 Å². The lowest BCUT2D eigenvalue weighted by Gasteiger charge is -2.13. The van der Waals surface area contributed by atoms with Crippen LogP contribution in [0.3, 0.4) is 0 Å². The van der Waals surface area contributed by atoms with Crippen LogP contribution in [0.5, 0.6) is 0 Å². The van der Waals surface area contributed by atoms with Gasteiger partial charge in [-0.2, -0.15) is 0 Å². The molecule has 0 fully saturated rings. The predicted molar refractivity (Wildman–Crippen MR) is 94.0 cm³/mol. The fourth-order valence-corrected chi connectivity index (χ4v) is 3.11. The SMILES string of the molecule is O=C(Nc1ccccc1-c1nc2ccccc2s1)C(Cl)(Cl)Cl. The quantitative estimate of drug-likeness (QED) is 0.623. The average Bonchev–Trinajstić information content (AvgIpc) is 2.90. The normalized spacial score (nSPS) is 11.6. The molecule has 0 aliphatic carbocycles. The number of fused-ring (bicyclic) bond motifs is 1. The molecule has 3 aromatic rings. The number of aromatic nitrogens is 1. The zero-order chi connectivity index (χ0) is 15.7. The Kier molecular flexibility index (Phi) is 4.28. The highest BCUT2D eigenvalue weighted by molar-refractivity contribution is 7.21. The minimum atomic E-state index is -2.01. The minimum Gasteiger partial charge on any atom is -0.322 e. The molecule has 112 valence electrons. The number of carbonyl (C=O) groups excluding carboxylic acids is 1. The van der Waals surface area contributed by atoms with Gasteiger partial charge in [-0.3, -0.25) is 4.79 Å². The van der Waals surface area contributed by atoms with Crippen molar-refractivity contribution in [1.82, 2.24) is 4.98 Å². The Balaban J connectivity index is 2.02. The van der Waals surface area contributed by atoms with E-state index in [2.05, 4.69) is 10.3 Å². The Hall–Kier alpha value is -1.33. The molecule has 0 radical (unpaired) electrons. The van der Waals surface area contributed by atoms with Gasteiger partial charge in [0.2, 0.25) is 0 Å². The molecule has 1 N–H and O–H groups in total. The predicted octanol–water partition coefficient (Wildman–Crippen LogP) is 5.27. The third-order valence-corrected chi connectivity index (χ3v) is 4.54. The highest BCUT2D eigenvalue weighted by atomic mass is 35.6. The first-order chi connectivity index (χ1) is 10.4. The summed E-state index contributed by atoms with van der Waals surface area (Å²) in [5, 5.41) is 3.42. The summed E-state index contributed by atoms with van der Waals surface area (Å²) in [5.74, 6) is -0.703. The van der Waals surface area contributed by atoms with Gasteiger partial charge >= 0.3 is 0 Å². The van der Waals surface area contributed by atoms with E-state index in [1.54, 1.807) is 12.1 Å². The van der Waals surface area contributed by atoms with Crippen LogP contribution in [-0.4, -0.2) is 14.7 Å². The second-order valence-corrected chi connectivity index (χ2v) is 7.80. The van der Waals surface area contributed by atoms with E-state index in [9.17, 15) is 4.79 Å². The monoisotopic (exact) mass is 370 g/mol. The Labute approximate surface area is 145 Å². The number of benzene rings is 2. The van der Waals surface area contributed by atoms with Gasteiger partial charge in [-0.25, -0.2) is 4.98 Å². The molecule has 1 aromatic heterocycles. The number of carbonyl (C=O) groups is 1. The lowest BCUT2D eigenvalue weighted by Crippen LogP contribution is -2.27. The lowest BCUT2D eigenvalue weighted by atomic mass is 10.2. The number of halogens is 3. The van der Waals surface area contributed by atoms with Crippen LogP contribution < -0.4 is 5.32 Å². The first kappa shape index (κ1) is 15.6. The Bertz CT molecular complexity index is 809. The zero-order valence-corrected chi connectivity index (χ0v) is 14.1. The largest absolute Gasteiger partial charge is 0.322 e. The molecule has 22 heavy (non-hydrogen) atoms. The minimum absolute atomic E-state index is 0.554. The topological polar surface area (TPSA) is 42.0 Å². The van der Waals surface area contributed by atoms with Gasteiger partial charge < -0.3 is 5.32 Å². The summed E-state index contributed by atoms with van der Waals surface area (Å²) in [6, 6.07) is 15.1. The van der Waals surface area contributed by atoms with Gasteiger partial charge in [0.1, 0.15) is 5.01 Å². The number of nitrogens with zero attached hydrogens (tertiary/aromatic N) is 1. The van der Waals surface area contributed by atoms with Crippen LogP contribution in [-0.2, 0) is 4.79 Å². The van der Waals surface area contributed by atoms with Crippen LogP contribution in [0.25, 0.3) is 20.8 Å². The molecular formula is C15H9Cl3N2OS. The molecule has 7 heteroatoms. The third kappa shape index (κ3) is 3.20. The van der Waals surface area contributed by atoms with Crippen molar-refractivity contribution in [2.45, 2.75) is 3.79 Å². The molecule has 0 spiro atoms. The van der Waals surface area contributed by atoms with Crippen LogP contribution in [0, 0.1) is 0 Å². The maximum absolute atomic E-state index is 11.9. The Morgan fingerprint density at radius 1 is 1.05 bits per heavy atom. The number of anilines is 1. The number of alkyl halides is 3. The summed E-state index contributed by atoms with van der Waals surface area (Å²) < 4.78 is -0.944. The molecule has 2 aromatic carbocycles. The summed E-state index contributed by atoms with van der Waals surface area (Å²) in [7, 11) is 0. The van der Waals surface area contributed by atoms with Crippen LogP contribution in [0.1, 0.15) is 0 Å². The number of nitrogens with one attached hydrogen (secondary N) is 1. The number of amides is 1. The van der Waals surface area contributed by atoms with Gasteiger partial charge in [0.05, 0.1) is 15.9 Å². The fourth-order valence-electron chi connectivity index (χ4n) is 1.96. The van der Waals surface area contributed by atoms with E-state index >= 15 is 0 Å². The van der Waals surface area contributed by atoms with Gasteiger partial charge in [-0.1, -0.05) is 59.1 Å². The van der Waals surface area contributed by atoms with E-state index in [4.69, 9.17) is 34.8 Å². The first-order valence-electron chi connectivity index (χ1n) is 6.28. The maximum Gasteiger partial charge on any atom is 0.276 e. The van der Waals surface area contributed by atoms with Crippen LogP contribution in [0.2, 0.25) is 0 Å². The maximum atomic E-state index is 11.9. The van der Waals surface area contributed by atoms with E-state index in [-0.39, 0.29) is 0 Å². The van der Waals surface area contributed by atoms with Gasteiger partial charge in [0.15, 0.2) is 0 Å². The van der Waals surface area contributed by atoms with Crippen molar-refractivity contribution < 1.29 is 4.79 Å². The Morgan fingerprint density at radius 2 is 1.73 bits per heavy atom. The smallest absolute Gasteiger partial charge is 0.276 e. The fraction of sp³-hybridized carbons (Fsp3) is 0.0667. The molecule has 0 saturated carbocycles. The van der Waals surface area contributed by atoms with Crippen molar-refractivity contribution >= 4 is 68.0 Å². The number of hydrogen-bond acceptors (Lipinski definition) is 3. The van der Waals surface area contributed by atoms with Crippen LogP contribution in [0.4, 0.5) is 5.69 Å². The molecule has 0 saturated heterocycles. The van der Waals surface area contributed by atoms with Gasteiger partial charge in [0.25, 0.3) is 9.70 Å². The number of hydrogen-bond donors (Lipinski definition) is 1. The second kappa shape index (κ2) is 6.05. The molecule has 0 aliphatic rings. The van der Waals surface area contributed by atoms with Crippen molar-refractivity contribution in [2.75, 3.05) is 5.32 Å². The van der Waals surface area contributed by atoms with Crippen molar-refractivity contribution in [3.05, 3.63) is 48.5 Å². The number of rotatable bonds is 2. The van der Waals surface area contributed by atoms with Crippen molar-refractivity contribution in [3.8, 4) is 10.6 Å². The van der Waals surface area contributed by atoms with Crippen LogP contribution >= 0.6 is 46.1 Å². The van der Waals surface area contributed by atoms with E-state index in [1.807, 2.05) is 36.4 Å². The van der Waals surface area contributed by atoms with Crippen LogP contribution in [0.15, 0.2) is 48.5 Å². The molecule has 3 rings (SSSR count). The second-order valence-electron chi connectivity index (χ2n) is 4.48.